The van der Waals surface area contributed by atoms with E-state index in [4.69, 9.17) is 4.42 Å². The van der Waals surface area contributed by atoms with Crippen molar-refractivity contribution < 1.29 is 13.6 Å². The summed E-state index contributed by atoms with van der Waals surface area (Å²) >= 11 is 0. The number of aryl methyl sites for hydroxylation is 1. The van der Waals surface area contributed by atoms with Gasteiger partial charge in [0.05, 0.1) is 0 Å². The highest BCUT2D eigenvalue weighted by Crippen LogP contribution is 2.27. The van der Waals surface area contributed by atoms with Crippen LogP contribution in [0.1, 0.15) is 42.8 Å². The molecule has 0 spiro atoms. The van der Waals surface area contributed by atoms with Crippen molar-refractivity contribution in [3.05, 3.63) is 35.3 Å². The maximum Gasteiger partial charge on any atom is 0.198 e. The van der Waals surface area contributed by atoms with Crippen LogP contribution < -0.4 is 0 Å². The summed E-state index contributed by atoms with van der Waals surface area (Å²) in [5.41, 5.74) is 1.31. The van der Waals surface area contributed by atoms with Gasteiger partial charge in [-0.05, 0) is 37.5 Å². The standard InChI is InChI=1S/C15H17FO2/c1-9(2)4-6-13(17)15-10(3)12-8-11(16)5-7-14(12)18-15/h5,7-9H,4,6H2,1-3H3. The topological polar surface area (TPSA) is 30.2 Å². The molecule has 2 rings (SSSR count). The van der Waals surface area contributed by atoms with Crippen LogP contribution >= 0.6 is 0 Å². The lowest BCUT2D eigenvalue weighted by atomic mass is 10.0. The first-order valence-corrected chi connectivity index (χ1v) is 6.21. The first-order valence-electron chi connectivity index (χ1n) is 6.21. The van der Waals surface area contributed by atoms with Gasteiger partial charge in [0.25, 0.3) is 0 Å². The van der Waals surface area contributed by atoms with E-state index in [9.17, 15) is 9.18 Å². The molecule has 0 bridgehead atoms. The highest BCUT2D eigenvalue weighted by molar-refractivity contribution is 6.00. The quantitative estimate of drug-likeness (QED) is 0.746. The van der Waals surface area contributed by atoms with Crippen molar-refractivity contribution in [1.82, 2.24) is 0 Å². The average molecular weight is 248 g/mol. The second-order valence-corrected chi connectivity index (χ2v) is 5.05. The molecule has 2 nitrogen and oxygen atoms in total. The Kier molecular flexibility index (Phi) is 3.50. The van der Waals surface area contributed by atoms with Crippen LogP contribution in [0, 0.1) is 18.7 Å². The Morgan fingerprint density at radius 3 is 2.78 bits per heavy atom. The number of Topliss-reactive ketones (excluding diaryl/α,β-unsaturated/α-hetero) is 1. The van der Waals surface area contributed by atoms with Crippen molar-refractivity contribution in [2.75, 3.05) is 0 Å². The number of carbonyl (C=O) groups excluding carboxylic acids is 1. The molecule has 2 aromatic rings. The number of hydrogen-bond donors (Lipinski definition) is 0. The van der Waals surface area contributed by atoms with Gasteiger partial charge in [-0.1, -0.05) is 13.8 Å². The molecular weight excluding hydrogens is 231 g/mol. The number of ketones is 1. The molecule has 0 saturated heterocycles. The molecule has 3 heteroatoms. The van der Waals surface area contributed by atoms with Gasteiger partial charge in [-0.15, -0.1) is 0 Å². The molecular formula is C15H17FO2. The molecule has 0 saturated carbocycles. The molecule has 0 amide bonds. The lowest BCUT2D eigenvalue weighted by Gasteiger charge is -2.02. The first kappa shape index (κ1) is 12.8. The lowest BCUT2D eigenvalue weighted by molar-refractivity contribution is 0.0950. The largest absolute Gasteiger partial charge is 0.453 e. The lowest BCUT2D eigenvalue weighted by Crippen LogP contribution is -2.01. The van der Waals surface area contributed by atoms with Gasteiger partial charge in [0, 0.05) is 17.4 Å². The van der Waals surface area contributed by atoms with Crippen LogP contribution in [0.5, 0.6) is 0 Å². The molecule has 0 fully saturated rings. The van der Waals surface area contributed by atoms with Gasteiger partial charge < -0.3 is 4.42 Å². The zero-order valence-corrected chi connectivity index (χ0v) is 10.9. The first-order chi connectivity index (χ1) is 8.49. The van der Waals surface area contributed by atoms with Crippen molar-refractivity contribution >= 4 is 16.8 Å². The Balaban J connectivity index is 2.34. The van der Waals surface area contributed by atoms with Crippen LogP contribution in [0.25, 0.3) is 11.0 Å². The fourth-order valence-corrected chi connectivity index (χ4v) is 1.99. The van der Waals surface area contributed by atoms with Crippen molar-refractivity contribution in [3.63, 3.8) is 0 Å². The summed E-state index contributed by atoms with van der Waals surface area (Å²) in [7, 11) is 0. The summed E-state index contributed by atoms with van der Waals surface area (Å²) in [4.78, 5) is 12.0. The molecule has 1 aromatic carbocycles. The number of benzene rings is 1. The number of hydrogen-bond acceptors (Lipinski definition) is 2. The zero-order valence-electron chi connectivity index (χ0n) is 10.9. The maximum atomic E-state index is 13.2. The molecule has 18 heavy (non-hydrogen) atoms. The van der Waals surface area contributed by atoms with E-state index in [1.807, 2.05) is 0 Å². The molecule has 0 N–H and O–H groups in total. The fourth-order valence-electron chi connectivity index (χ4n) is 1.99. The third-order valence-electron chi connectivity index (χ3n) is 3.10. The Bertz CT molecular complexity index is 581. The average Bonchev–Trinajstić information content (AvgIpc) is 2.64. The van der Waals surface area contributed by atoms with Crippen molar-refractivity contribution in [3.8, 4) is 0 Å². The van der Waals surface area contributed by atoms with Gasteiger partial charge >= 0.3 is 0 Å². The van der Waals surface area contributed by atoms with E-state index < -0.39 is 0 Å². The highest BCUT2D eigenvalue weighted by atomic mass is 19.1. The van der Waals surface area contributed by atoms with Crippen LogP contribution in [0.15, 0.2) is 22.6 Å². The zero-order chi connectivity index (χ0) is 13.3. The summed E-state index contributed by atoms with van der Waals surface area (Å²) in [5, 5.41) is 0.683. The predicted octanol–water partition coefficient (Wildman–Crippen LogP) is 4.50. The molecule has 1 heterocycles. The maximum absolute atomic E-state index is 13.2. The number of furan rings is 1. The molecule has 0 unspecified atom stereocenters. The van der Waals surface area contributed by atoms with E-state index in [0.717, 1.165) is 12.0 Å². The fraction of sp³-hybridized carbons (Fsp3) is 0.400. The number of carbonyl (C=O) groups is 1. The van der Waals surface area contributed by atoms with Crippen LogP contribution in [-0.2, 0) is 0 Å². The Labute approximate surface area is 106 Å². The molecule has 0 aliphatic heterocycles. The molecule has 96 valence electrons. The summed E-state index contributed by atoms with van der Waals surface area (Å²) in [6, 6.07) is 4.32. The minimum absolute atomic E-state index is 0.00203. The van der Waals surface area contributed by atoms with Crippen LogP contribution in [0.2, 0.25) is 0 Å². The summed E-state index contributed by atoms with van der Waals surface area (Å²) in [6.45, 7) is 5.95. The molecule has 0 atom stereocenters. The second kappa shape index (κ2) is 4.92. The molecule has 0 radical (unpaired) electrons. The Hall–Kier alpha value is -1.64. The summed E-state index contributed by atoms with van der Waals surface area (Å²) in [5.74, 6) is 0.540. The second-order valence-electron chi connectivity index (χ2n) is 5.05. The van der Waals surface area contributed by atoms with Gasteiger partial charge in [0.15, 0.2) is 11.5 Å². The Morgan fingerprint density at radius 2 is 2.11 bits per heavy atom. The summed E-state index contributed by atoms with van der Waals surface area (Å²) in [6.07, 6.45) is 1.31. The van der Waals surface area contributed by atoms with E-state index in [0.29, 0.717) is 29.1 Å². The van der Waals surface area contributed by atoms with E-state index in [-0.39, 0.29) is 11.6 Å². The normalized spacial score (nSPS) is 11.4. The van der Waals surface area contributed by atoms with Gasteiger partial charge in [-0.3, -0.25) is 4.79 Å². The number of fused-ring (bicyclic) bond motifs is 1. The third kappa shape index (κ3) is 2.45. The van der Waals surface area contributed by atoms with E-state index >= 15 is 0 Å². The van der Waals surface area contributed by atoms with Gasteiger partial charge in [-0.2, -0.15) is 0 Å². The predicted molar refractivity (Wildman–Crippen MR) is 69.3 cm³/mol. The van der Waals surface area contributed by atoms with Crippen molar-refractivity contribution in [1.29, 1.82) is 0 Å². The van der Waals surface area contributed by atoms with Gasteiger partial charge in [0.1, 0.15) is 11.4 Å². The van der Waals surface area contributed by atoms with E-state index in [1.54, 1.807) is 13.0 Å². The minimum atomic E-state index is -0.312. The summed E-state index contributed by atoms with van der Waals surface area (Å²) < 4.78 is 18.7. The monoisotopic (exact) mass is 248 g/mol. The van der Waals surface area contributed by atoms with Crippen molar-refractivity contribution in [2.45, 2.75) is 33.6 Å². The third-order valence-corrected chi connectivity index (χ3v) is 3.10. The van der Waals surface area contributed by atoms with Crippen LogP contribution in [0.3, 0.4) is 0 Å². The Morgan fingerprint density at radius 1 is 1.39 bits per heavy atom. The smallest absolute Gasteiger partial charge is 0.198 e. The van der Waals surface area contributed by atoms with E-state index in [1.165, 1.54) is 12.1 Å². The van der Waals surface area contributed by atoms with Crippen LogP contribution in [0.4, 0.5) is 4.39 Å². The SMILES string of the molecule is Cc1c(C(=O)CCC(C)C)oc2ccc(F)cc12. The number of rotatable bonds is 4. The highest BCUT2D eigenvalue weighted by Gasteiger charge is 2.17. The van der Waals surface area contributed by atoms with E-state index in [2.05, 4.69) is 13.8 Å². The van der Waals surface area contributed by atoms with Crippen molar-refractivity contribution in [2.24, 2.45) is 5.92 Å². The molecule has 1 aromatic heterocycles. The minimum Gasteiger partial charge on any atom is -0.453 e. The van der Waals surface area contributed by atoms with Gasteiger partial charge in [0.2, 0.25) is 0 Å². The molecule has 0 aliphatic rings. The number of halogens is 1. The van der Waals surface area contributed by atoms with Gasteiger partial charge in [-0.25, -0.2) is 4.39 Å². The molecule has 0 aliphatic carbocycles. The van der Waals surface area contributed by atoms with Crippen LogP contribution in [-0.4, -0.2) is 5.78 Å².